The Morgan fingerprint density at radius 2 is 1.74 bits per heavy atom. The van der Waals surface area contributed by atoms with Crippen molar-refractivity contribution in [1.29, 1.82) is 0 Å². The molecule has 1 aromatic carbocycles. The highest BCUT2D eigenvalue weighted by atomic mass is 16.3. The van der Waals surface area contributed by atoms with Crippen LogP contribution in [0.2, 0.25) is 0 Å². The summed E-state index contributed by atoms with van der Waals surface area (Å²) >= 11 is 0. The average molecular weight is 264 g/mol. The Balaban J connectivity index is 3.03. The molecule has 0 aliphatic rings. The first-order valence-electron chi connectivity index (χ1n) is 6.41. The molecular weight excluding hydrogens is 240 g/mol. The molecule has 4 heteroatoms. The van der Waals surface area contributed by atoms with E-state index in [1.54, 1.807) is 32.8 Å². The third-order valence-corrected chi connectivity index (χ3v) is 2.87. The second-order valence-corrected chi connectivity index (χ2v) is 5.77. The van der Waals surface area contributed by atoms with Gasteiger partial charge in [0, 0.05) is 20.6 Å². The van der Waals surface area contributed by atoms with E-state index in [0.29, 0.717) is 6.54 Å². The number of benzene rings is 1. The Bertz CT molecular complexity index is 410. The van der Waals surface area contributed by atoms with E-state index < -0.39 is 5.60 Å². The molecule has 0 bridgehead atoms. The fourth-order valence-corrected chi connectivity index (χ4v) is 2.17. The van der Waals surface area contributed by atoms with Crippen molar-refractivity contribution in [3.05, 3.63) is 35.9 Å². The van der Waals surface area contributed by atoms with Gasteiger partial charge in [-0.1, -0.05) is 30.3 Å². The highest BCUT2D eigenvalue weighted by molar-refractivity contribution is 5.82. The van der Waals surface area contributed by atoms with E-state index in [9.17, 15) is 9.90 Å². The van der Waals surface area contributed by atoms with Crippen LogP contribution in [0.1, 0.15) is 25.5 Å². The van der Waals surface area contributed by atoms with E-state index in [0.717, 1.165) is 5.56 Å². The largest absolute Gasteiger partial charge is 0.389 e. The van der Waals surface area contributed by atoms with Crippen molar-refractivity contribution in [2.45, 2.75) is 25.5 Å². The monoisotopic (exact) mass is 264 g/mol. The van der Waals surface area contributed by atoms with Gasteiger partial charge >= 0.3 is 0 Å². The number of amides is 1. The molecule has 0 fully saturated rings. The van der Waals surface area contributed by atoms with E-state index in [-0.39, 0.29) is 11.9 Å². The maximum absolute atomic E-state index is 12.4. The van der Waals surface area contributed by atoms with Gasteiger partial charge in [-0.25, -0.2) is 0 Å². The lowest BCUT2D eigenvalue weighted by atomic mass is 10.0. The molecule has 1 N–H and O–H groups in total. The number of nitrogens with zero attached hydrogens (tertiary/aromatic N) is 2. The van der Waals surface area contributed by atoms with Gasteiger partial charge in [0.2, 0.25) is 5.91 Å². The standard InChI is InChI=1S/C15H24N2O2/c1-15(2,19)11-17(5)13(14(18)16(3)4)12-9-7-6-8-10-12/h6-10,13,19H,11H2,1-5H3. The van der Waals surface area contributed by atoms with Crippen molar-refractivity contribution in [3.63, 3.8) is 0 Å². The van der Waals surface area contributed by atoms with Crippen LogP contribution in [0.25, 0.3) is 0 Å². The zero-order valence-electron chi connectivity index (χ0n) is 12.4. The SMILES string of the molecule is CN(C)C(=O)C(c1ccccc1)N(C)CC(C)(C)O. The smallest absolute Gasteiger partial charge is 0.244 e. The lowest BCUT2D eigenvalue weighted by Crippen LogP contribution is -2.44. The molecule has 1 aromatic rings. The summed E-state index contributed by atoms with van der Waals surface area (Å²) in [6, 6.07) is 9.27. The summed E-state index contributed by atoms with van der Waals surface area (Å²) in [4.78, 5) is 15.8. The normalized spacial score (nSPS) is 13.4. The Labute approximate surface area is 115 Å². The van der Waals surface area contributed by atoms with Gasteiger partial charge in [0.1, 0.15) is 6.04 Å². The lowest BCUT2D eigenvalue weighted by molar-refractivity contribution is -0.135. The molecule has 106 valence electrons. The molecule has 1 atom stereocenters. The highest BCUT2D eigenvalue weighted by Crippen LogP contribution is 2.22. The van der Waals surface area contributed by atoms with E-state index in [4.69, 9.17) is 0 Å². The summed E-state index contributed by atoms with van der Waals surface area (Å²) < 4.78 is 0. The molecule has 1 rings (SSSR count). The minimum Gasteiger partial charge on any atom is -0.389 e. The lowest BCUT2D eigenvalue weighted by Gasteiger charge is -2.33. The number of likely N-dealkylation sites (N-methyl/N-ethyl adjacent to an activating group) is 2. The minimum absolute atomic E-state index is 0.0120. The first kappa shape index (κ1) is 15.7. The molecule has 0 radical (unpaired) electrons. The van der Waals surface area contributed by atoms with E-state index >= 15 is 0 Å². The van der Waals surface area contributed by atoms with Gasteiger partial charge in [-0.3, -0.25) is 9.69 Å². The number of carbonyl (C=O) groups is 1. The Kier molecular flexibility index (Phi) is 5.09. The summed E-state index contributed by atoms with van der Waals surface area (Å²) in [5.74, 6) is 0.0120. The van der Waals surface area contributed by atoms with Crippen LogP contribution < -0.4 is 0 Å². The number of hydrogen-bond donors (Lipinski definition) is 1. The van der Waals surface area contributed by atoms with Gasteiger partial charge < -0.3 is 10.0 Å². The zero-order valence-corrected chi connectivity index (χ0v) is 12.4. The second kappa shape index (κ2) is 6.17. The first-order chi connectivity index (χ1) is 8.72. The molecule has 0 aliphatic heterocycles. The third-order valence-electron chi connectivity index (χ3n) is 2.87. The van der Waals surface area contributed by atoms with Gasteiger partial charge in [-0.2, -0.15) is 0 Å². The quantitative estimate of drug-likeness (QED) is 0.877. The number of carbonyl (C=O) groups excluding carboxylic acids is 1. The minimum atomic E-state index is -0.839. The van der Waals surface area contributed by atoms with E-state index in [2.05, 4.69) is 0 Å². The van der Waals surface area contributed by atoms with Crippen LogP contribution in [-0.4, -0.2) is 54.1 Å². The zero-order chi connectivity index (χ0) is 14.6. The predicted molar refractivity (Wildman–Crippen MR) is 76.8 cm³/mol. The molecule has 19 heavy (non-hydrogen) atoms. The molecule has 0 heterocycles. The number of hydrogen-bond acceptors (Lipinski definition) is 3. The van der Waals surface area contributed by atoms with Crippen molar-refractivity contribution in [2.75, 3.05) is 27.7 Å². The summed E-state index contributed by atoms with van der Waals surface area (Å²) in [5.41, 5.74) is 0.0990. The van der Waals surface area contributed by atoms with Gasteiger partial charge in [0.25, 0.3) is 0 Å². The van der Waals surface area contributed by atoms with Gasteiger partial charge in [0.05, 0.1) is 5.60 Å². The van der Waals surface area contributed by atoms with Crippen LogP contribution in [0.4, 0.5) is 0 Å². The third kappa shape index (κ3) is 4.65. The molecule has 0 spiro atoms. The Morgan fingerprint density at radius 1 is 1.21 bits per heavy atom. The molecule has 0 saturated carbocycles. The van der Waals surface area contributed by atoms with Crippen LogP contribution in [-0.2, 0) is 4.79 Å². The molecule has 0 aromatic heterocycles. The van der Waals surface area contributed by atoms with Crippen molar-refractivity contribution >= 4 is 5.91 Å². The fraction of sp³-hybridized carbons (Fsp3) is 0.533. The summed E-state index contributed by atoms with van der Waals surface area (Å²) in [6.07, 6.45) is 0. The molecule has 1 unspecified atom stereocenters. The maximum Gasteiger partial charge on any atom is 0.244 e. The van der Waals surface area contributed by atoms with Crippen LogP contribution in [0.3, 0.4) is 0 Å². The average Bonchev–Trinajstić information content (AvgIpc) is 2.28. The van der Waals surface area contributed by atoms with Crippen LogP contribution in [0, 0.1) is 0 Å². The van der Waals surface area contributed by atoms with Crippen LogP contribution in [0.5, 0.6) is 0 Å². The summed E-state index contributed by atoms with van der Waals surface area (Å²) in [6.45, 7) is 3.91. The summed E-state index contributed by atoms with van der Waals surface area (Å²) in [5, 5.41) is 9.94. The molecule has 0 saturated heterocycles. The number of rotatable bonds is 5. The van der Waals surface area contributed by atoms with Gasteiger partial charge in [-0.15, -0.1) is 0 Å². The Morgan fingerprint density at radius 3 is 2.16 bits per heavy atom. The molecule has 1 amide bonds. The van der Waals surface area contributed by atoms with Crippen molar-refractivity contribution in [1.82, 2.24) is 9.80 Å². The van der Waals surface area contributed by atoms with Gasteiger partial charge in [-0.05, 0) is 26.5 Å². The highest BCUT2D eigenvalue weighted by Gasteiger charge is 2.29. The fourth-order valence-electron chi connectivity index (χ4n) is 2.17. The van der Waals surface area contributed by atoms with E-state index in [1.165, 1.54) is 0 Å². The van der Waals surface area contributed by atoms with Crippen molar-refractivity contribution in [2.24, 2.45) is 0 Å². The Hall–Kier alpha value is -1.39. The topological polar surface area (TPSA) is 43.8 Å². The van der Waals surface area contributed by atoms with E-state index in [1.807, 2.05) is 42.3 Å². The predicted octanol–water partition coefficient (Wildman–Crippen LogP) is 1.52. The first-order valence-corrected chi connectivity index (χ1v) is 6.41. The van der Waals surface area contributed by atoms with Gasteiger partial charge in [0.15, 0.2) is 0 Å². The maximum atomic E-state index is 12.4. The molecular formula is C15H24N2O2. The van der Waals surface area contributed by atoms with Crippen LogP contribution >= 0.6 is 0 Å². The van der Waals surface area contributed by atoms with Crippen molar-refractivity contribution in [3.8, 4) is 0 Å². The number of aliphatic hydroxyl groups is 1. The molecule has 4 nitrogen and oxygen atoms in total. The molecule has 0 aliphatic carbocycles. The van der Waals surface area contributed by atoms with Crippen molar-refractivity contribution < 1.29 is 9.90 Å². The van der Waals surface area contributed by atoms with Crippen LogP contribution in [0.15, 0.2) is 30.3 Å². The summed E-state index contributed by atoms with van der Waals surface area (Å²) in [7, 11) is 5.35. The second-order valence-electron chi connectivity index (χ2n) is 5.77.